The third kappa shape index (κ3) is 3.57. The lowest BCUT2D eigenvalue weighted by atomic mass is 10.0. The van der Waals surface area contributed by atoms with Crippen LogP contribution in [0.4, 0.5) is 0 Å². The summed E-state index contributed by atoms with van der Waals surface area (Å²) in [7, 11) is 0. The van der Waals surface area contributed by atoms with Crippen LogP contribution in [-0.2, 0) is 0 Å². The van der Waals surface area contributed by atoms with Gasteiger partial charge < -0.3 is 14.6 Å². The highest BCUT2D eigenvalue weighted by Crippen LogP contribution is 2.40. The maximum atomic E-state index is 6.26. The average Bonchev–Trinajstić information content (AvgIpc) is 3.29. The van der Waals surface area contributed by atoms with Crippen molar-refractivity contribution in [2.24, 2.45) is 0 Å². The Labute approximate surface area is 169 Å². The fourth-order valence-electron chi connectivity index (χ4n) is 3.48. The molecule has 0 unspecified atom stereocenters. The summed E-state index contributed by atoms with van der Waals surface area (Å²) in [6.45, 7) is 3.01. The van der Waals surface area contributed by atoms with E-state index in [0.29, 0.717) is 5.02 Å². The molecule has 1 aliphatic heterocycles. The molecule has 0 bridgehead atoms. The summed E-state index contributed by atoms with van der Waals surface area (Å²) in [5, 5.41) is 4.87. The molecule has 4 rings (SSSR count). The van der Waals surface area contributed by atoms with E-state index in [4.69, 9.17) is 28.2 Å². The third-order valence-corrected chi connectivity index (χ3v) is 5.31. The van der Waals surface area contributed by atoms with Crippen molar-refractivity contribution in [3.05, 3.63) is 77.3 Å². The first-order chi connectivity index (χ1) is 13.2. The zero-order valence-corrected chi connectivity index (χ0v) is 16.5. The second-order valence-electron chi connectivity index (χ2n) is 6.53. The SMILES string of the molecule is CCCN1C(=S)N[C@H](c2ccccn2)[C@H]1c1ccc(-c2ccc(Cl)cc2)o1. The lowest BCUT2D eigenvalue weighted by Gasteiger charge is -2.25. The largest absolute Gasteiger partial charge is 0.459 e. The molecule has 0 spiro atoms. The van der Waals surface area contributed by atoms with E-state index in [-0.39, 0.29) is 12.1 Å². The molecule has 1 N–H and O–H groups in total. The Kier molecular flexibility index (Phi) is 5.14. The van der Waals surface area contributed by atoms with Crippen molar-refractivity contribution < 1.29 is 4.42 Å². The molecule has 1 saturated heterocycles. The lowest BCUT2D eigenvalue weighted by Crippen LogP contribution is -2.30. The van der Waals surface area contributed by atoms with Crippen molar-refractivity contribution in [1.82, 2.24) is 15.2 Å². The van der Waals surface area contributed by atoms with Crippen molar-refractivity contribution in [2.75, 3.05) is 6.54 Å². The second-order valence-corrected chi connectivity index (χ2v) is 7.35. The smallest absolute Gasteiger partial charge is 0.170 e. The molecule has 0 saturated carbocycles. The molecule has 2 aromatic heterocycles. The van der Waals surface area contributed by atoms with Gasteiger partial charge >= 0.3 is 0 Å². The van der Waals surface area contributed by atoms with E-state index in [1.165, 1.54) is 0 Å². The maximum Gasteiger partial charge on any atom is 0.170 e. The van der Waals surface area contributed by atoms with Crippen molar-refractivity contribution in [3.63, 3.8) is 0 Å². The van der Waals surface area contributed by atoms with Gasteiger partial charge in [0, 0.05) is 23.3 Å². The van der Waals surface area contributed by atoms with Gasteiger partial charge in [0.1, 0.15) is 17.6 Å². The average molecular weight is 398 g/mol. The van der Waals surface area contributed by atoms with Crippen molar-refractivity contribution in [3.8, 4) is 11.3 Å². The number of pyridine rings is 1. The van der Waals surface area contributed by atoms with Crippen LogP contribution in [0.25, 0.3) is 11.3 Å². The predicted octanol–water partition coefficient (Wildman–Crippen LogP) is 5.38. The zero-order valence-electron chi connectivity index (χ0n) is 14.9. The van der Waals surface area contributed by atoms with E-state index >= 15 is 0 Å². The molecule has 0 amide bonds. The van der Waals surface area contributed by atoms with Gasteiger partial charge in [0.2, 0.25) is 0 Å². The van der Waals surface area contributed by atoms with Crippen LogP contribution < -0.4 is 5.32 Å². The highest BCUT2D eigenvalue weighted by Gasteiger charge is 2.41. The maximum absolute atomic E-state index is 6.26. The number of thiocarbonyl (C=S) groups is 1. The first-order valence-corrected chi connectivity index (χ1v) is 9.79. The van der Waals surface area contributed by atoms with Crippen LogP contribution in [0.3, 0.4) is 0 Å². The molecule has 1 aliphatic rings. The third-order valence-electron chi connectivity index (χ3n) is 4.71. The minimum Gasteiger partial charge on any atom is -0.459 e. The molecule has 138 valence electrons. The fraction of sp³-hybridized carbons (Fsp3) is 0.238. The zero-order chi connectivity index (χ0) is 18.8. The molecular weight excluding hydrogens is 378 g/mol. The molecule has 2 atom stereocenters. The first-order valence-electron chi connectivity index (χ1n) is 9.01. The van der Waals surface area contributed by atoms with Crippen molar-refractivity contribution >= 4 is 28.9 Å². The van der Waals surface area contributed by atoms with Gasteiger partial charge in [-0.3, -0.25) is 4.98 Å². The van der Waals surface area contributed by atoms with E-state index in [1.54, 1.807) is 6.20 Å². The molecule has 0 radical (unpaired) electrons. The van der Waals surface area contributed by atoms with Gasteiger partial charge in [-0.25, -0.2) is 0 Å². The topological polar surface area (TPSA) is 41.3 Å². The summed E-state index contributed by atoms with van der Waals surface area (Å²) < 4.78 is 6.26. The number of aromatic nitrogens is 1. The number of hydrogen-bond acceptors (Lipinski definition) is 3. The van der Waals surface area contributed by atoms with Crippen LogP contribution in [0.2, 0.25) is 5.02 Å². The van der Waals surface area contributed by atoms with E-state index in [1.807, 2.05) is 54.6 Å². The number of rotatable bonds is 5. The van der Waals surface area contributed by atoms with Gasteiger partial charge in [-0.2, -0.15) is 0 Å². The van der Waals surface area contributed by atoms with Gasteiger partial charge in [-0.1, -0.05) is 24.6 Å². The second kappa shape index (κ2) is 7.71. The summed E-state index contributed by atoms with van der Waals surface area (Å²) >= 11 is 11.6. The number of nitrogens with one attached hydrogen (secondary N) is 1. The lowest BCUT2D eigenvalue weighted by molar-refractivity contribution is 0.275. The molecule has 6 heteroatoms. The van der Waals surface area contributed by atoms with E-state index < -0.39 is 0 Å². The summed E-state index contributed by atoms with van der Waals surface area (Å²) in [6.07, 6.45) is 2.80. The van der Waals surface area contributed by atoms with Crippen molar-refractivity contribution in [2.45, 2.75) is 25.4 Å². The van der Waals surface area contributed by atoms with Crippen molar-refractivity contribution in [1.29, 1.82) is 0 Å². The Hall–Kier alpha value is -2.37. The van der Waals surface area contributed by atoms with Crippen LogP contribution in [0.15, 0.2) is 65.2 Å². The number of nitrogens with zero attached hydrogens (tertiary/aromatic N) is 2. The summed E-state index contributed by atoms with van der Waals surface area (Å²) in [5.74, 6) is 1.69. The minimum atomic E-state index is -0.0468. The van der Waals surface area contributed by atoms with Gasteiger partial charge in [-0.15, -0.1) is 0 Å². The highest BCUT2D eigenvalue weighted by molar-refractivity contribution is 7.80. The molecule has 1 aromatic carbocycles. The molecular formula is C21H20ClN3OS. The molecule has 4 nitrogen and oxygen atoms in total. The summed E-state index contributed by atoms with van der Waals surface area (Å²) in [6, 6.07) is 17.5. The molecule has 0 aliphatic carbocycles. The Bertz CT molecular complexity index is 926. The number of hydrogen-bond donors (Lipinski definition) is 1. The quantitative estimate of drug-likeness (QED) is 0.585. The van der Waals surface area contributed by atoms with Crippen LogP contribution >= 0.6 is 23.8 Å². The molecule has 3 heterocycles. The Balaban J connectivity index is 1.71. The number of halogens is 1. The van der Waals surface area contributed by atoms with Gasteiger partial charge in [-0.05, 0) is 67.2 Å². The van der Waals surface area contributed by atoms with E-state index in [9.17, 15) is 0 Å². The van der Waals surface area contributed by atoms with Gasteiger partial charge in [0.05, 0.1) is 11.7 Å². The highest BCUT2D eigenvalue weighted by atomic mass is 35.5. The summed E-state index contributed by atoms with van der Waals surface area (Å²) in [4.78, 5) is 6.73. The fourth-order valence-corrected chi connectivity index (χ4v) is 3.94. The van der Waals surface area contributed by atoms with Crippen LogP contribution in [0, 0.1) is 0 Å². The van der Waals surface area contributed by atoms with E-state index in [2.05, 4.69) is 22.1 Å². The summed E-state index contributed by atoms with van der Waals surface area (Å²) in [5.41, 5.74) is 1.95. The van der Waals surface area contributed by atoms with Crippen LogP contribution in [0.5, 0.6) is 0 Å². The molecule has 27 heavy (non-hydrogen) atoms. The Morgan fingerprint density at radius 2 is 1.96 bits per heavy atom. The van der Waals surface area contributed by atoms with Gasteiger partial charge in [0.25, 0.3) is 0 Å². The normalized spacial score (nSPS) is 19.3. The first kappa shape index (κ1) is 18.0. The monoisotopic (exact) mass is 397 g/mol. The Morgan fingerprint density at radius 3 is 2.67 bits per heavy atom. The molecule has 3 aromatic rings. The standard InChI is InChI=1S/C21H20ClN3OS/c1-2-13-25-20(19(24-21(25)27)16-5-3-4-12-23-16)18-11-10-17(26-18)14-6-8-15(22)9-7-14/h3-12,19-20H,2,13H2,1H3,(H,24,27)/t19-,20-/m1/s1. The number of furan rings is 1. The van der Waals surface area contributed by atoms with Gasteiger partial charge in [0.15, 0.2) is 5.11 Å². The minimum absolute atomic E-state index is 0.0339. The number of benzene rings is 1. The molecule has 1 fully saturated rings. The van der Waals surface area contributed by atoms with Crippen LogP contribution in [0.1, 0.15) is 36.9 Å². The Morgan fingerprint density at radius 1 is 1.15 bits per heavy atom. The van der Waals surface area contributed by atoms with Crippen LogP contribution in [-0.4, -0.2) is 21.5 Å². The predicted molar refractivity (Wildman–Crippen MR) is 112 cm³/mol. The van der Waals surface area contributed by atoms with E-state index in [0.717, 1.165) is 40.9 Å².